The lowest BCUT2D eigenvalue weighted by Crippen LogP contribution is -2.04. The Labute approximate surface area is 123 Å². The lowest BCUT2D eigenvalue weighted by atomic mass is 9.98. The zero-order valence-electron chi connectivity index (χ0n) is 12.0. The van der Waals surface area contributed by atoms with Gasteiger partial charge in [-0.2, -0.15) is 0 Å². The standard InChI is InChI=1S/C17H18N2S/c1-12(2)14-7-4-6-13(3)16(14)19-10-9-18-17(19)15-8-5-11-20-15/h4-12H,1-3H3. The van der Waals surface area contributed by atoms with Gasteiger partial charge < -0.3 is 0 Å². The van der Waals surface area contributed by atoms with E-state index in [1.54, 1.807) is 11.3 Å². The van der Waals surface area contributed by atoms with Crippen molar-refractivity contribution in [2.24, 2.45) is 0 Å². The molecular weight excluding hydrogens is 264 g/mol. The monoisotopic (exact) mass is 282 g/mol. The van der Waals surface area contributed by atoms with Crippen LogP contribution in [0.1, 0.15) is 30.9 Å². The fourth-order valence-corrected chi connectivity index (χ4v) is 3.27. The van der Waals surface area contributed by atoms with Crippen LogP contribution in [0, 0.1) is 6.92 Å². The minimum absolute atomic E-state index is 0.489. The van der Waals surface area contributed by atoms with Crippen molar-refractivity contribution in [2.75, 3.05) is 0 Å². The molecule has 0 unspecified atom stereocenters. The van der Waals surface area contributed by atoms with E-state index in [1.165, 1.54) is 21.7 Å². The van der Waals surface area contributed by atoms with Crippen molar-refractivity contribution in [1.82, 2.24) is 9.55 Å². The number of hydrogen-bond acceptors (Lipinski definition) is 2. The number of para-hydroxylation sites is 1. The van der Waals surface area contributed by atoms with Gasteiger partial charge >= 0.3 is 0 Å². The van der Waals surface area contributed by atoms with Crippen molar-refractivity contribution in [1.29, 1.82) is 0 Å². The first-order chi connectivity index (χ1) is 9.68. The number of aromatic nitrogens is 2. The molecular formula is C17H18N2S. The number of nitrogens with zero attached hydrogens (tertiary/aromatic N) is 2. The lowest BCUT2D eigenvalue weighted by Gasteiger charge is -2.17. The van der Waals surface area contributed by atoms with E-state index in [4.69, 9.17) is 0 Å². The Morgan fingerprint density at radius 2 is 2.00 bits per heavy atom. The van der Waals surface area contributed by atoms with E-state index in [-0.39, 0.29) is 0 Å². The van der Waals surface area contributed by atoms with Gasteiger partial charge in [-0.25, -0.2) is 4.98 Å². The molecule has 0 aliphatic heterocycles. The molecule has 0 bridgehead atoms. The van der Waals surface area contributed by atoms with E-state index in [1.807, 2.05) is 6.20 Å². The fraction of sp³-hybridized carbons (Fsp3) is 0.235. The molecule has 0 saturated heterocycles. The third kappa shape index (κ3) is 2.18. The average Bonchev–Trinajstić information content (AvgIpc) is 3.08. The molecule has 0 aliphatic rings. The first-order valence-electron chi connectivity index (χ1n) is 6.85. The van der Waals surface area contributed by atoms with Gasteiger partial charge in [0.2, 0.25) is 0 Å². The zero-order chi connectivity index (χ0) is 14.1. The topological polar surface area (TPSA) is 17.8 Å². The maximum Gasteiger partial charge on any atom is 0.154 e. The summed E-state index contributed by atoms with van der Waals surface area (Å²) in [6.07, 6.45) is 3.94. The highest BCUT2D eigenvalue weighted by molar-refractivity contribution is 7.13. The van der Waals surface area contributed by atoms with Gasteiger partial charge in [-0.15, -0.1) is 11.3 Å². The molecule has 3 rings (SSSR count). The van der Waals surface area contributed by atoms with Crippen LogP contribution in [-0.4, -0.2) is 9.55 Å². The lowest BCUT2D eigenvalue weighted by molar-refractivity contribution is 0.844. The molecule has 0 spiro atoms. The largest absolute Gasteiger partial charge is 0.299 e. The highest BCUT2D eigenvalue weighted by Gasteiger charge is 2.15. The minimum Gasteiger partial charge on any atom is -0.299 e. The van der Waals surface area contributed by atoms with Crippen molar-refractivity contribution in [3.8, 4) is 16.4 Å². The van der Waals surface area contributed by atoms with Crippen LogP contribution in [-0.2, 0) is 0 Å². The predicted molar refractivity (Wildman–Crippen MR) is 85.7 cm³/mol. The normalized spacial score (nSPS) is 11.2. The van der Waals surface area contributed by atoms with Gasteiger partial charge in [0.05, 0.1) is 10.6 Å². The fourth-order valence-electron chi connectivity index (χ4n) is 2.55. The van der Waals surface area contributed by atoms with Gasteiger partial charge in [-0.05, 0) is 35.4 Å². The molecule has 0 fully saturated rings. The molecule has 0 atom stereocenters. The number of aryl methyl sites for hydroxylation is 1. The Hall–Kier alpha value is -1.87. The summed E-state index contributed by atoms with van der Waals surface area (Å²) >= 11 is 1.73. The van der Waals surface area contributed by atoms with Crippen LogP contribution >= 0.6 is 11.3 Å². The summed E-state index contributed by atoms with van der Waals surface area (Å²) in [7, 11) is 0. The maximum absolute atomic E-state index is 4.55. The van der Waals surface area contributed by atoms with Crippen molar-refractivity contribution >= 4 is 11.3 Å². The molecule has 2 nitrogen and oxygen atoms in total. The quantitative estimate of drug-likeness (QED) is 0.658. The number of imidazole rings is 1. The molecule has 20 heavy (non-hydrogen) atoms. The predicted octanol–water partition coefficient (Wildman–Crippen LogP) is 5.03. The van der Waals surface area contributed by atoms with Gasteiger partial charge in [0.1, 0.15) is 0 Å². The van der Waals surface area contributed by atoms with Crippen LogP contribution < -0.4 is 0 Å². The first kappa shape index (κ1) is 13.1. The van der Waals surface area contributed by atoms with E-state index in [0.29, 0.717) is 5.92 Å². The molecule has 1 aromatic carbocycles. The Bertz CT molecular complexity index is 708. The molecule has 2 aromatic heterocycles. The van der Waals surface area contributed by atoms with Crippen molar-refractivity contribution < 1.29 is 0 Å². The molecule has 3 heteroatoms. The highest BCUT2D eigenvalue weighted by atomic mass is 32.1. The second-order valence-electron chi connectivity index (χ2n) is 5.27. The van der Waals surface area contributed by atoms with Crippen LogP contribution in [0.4, 0.5) is 0 Å². The van der Waals surface area contributed by atoms with E-state index >= 15 is 0 Å². The summed E-state index contributed by atoms with van der Waals surface area (Å²) in [6, 6.07) is 10.7. The first-order valence-corrected chi connectivity index (χ1v) is 7.73. The Morgan fingerprint density at radius 1 is 1.15 bits per heavy atom. The number of benzene rings is 1. The molecule has 0 N–H and O–H groups in total. The van der Waals surface area contributed by atoms with Crippen molar-refractivity contribution in [2.45, 2.75) is 26.7 Å². The zero-order valence-corrected chi connectivity index (χ0v) is 12.8. The average molecular weight is 282 g/mol. The molecule has 0 saturated carbocycles. The SMILES string of the molecule is Cc1cccc(C(C)C)c1-n1ccnc1-c1cccs1. The van der Waals surface area contributed by atoms with Gasteiger partial charge in [0.25, 0.3) is 0 Å². The summed E-state index contributed by atoms with van der Waals surface area (Å²) in [5, 5.41) is 2.09. The van der Waals surface area contributed by atoms with Crippen LogP contribution in [0.15, 0.2) is 48.1 Å². The van der Waals surface area contributed by atoms with Crippen LogP contribution in [0.25, 0.3) is 16.4 Å². The van der Waals surface area contributed by atoms with Crippen LogP contribution in [0.3, 0.4) is 0 Å². The van der Waals surface area contributed by atoms with Gasteiger partial charge in [-0.1, -0.05) is 38.1 Å². The van der Waals surface area contributed by atoms with Crippen molar-refractivity contribution in [3.05, 3.63) is 59.2 Å². The molecule has 102 valence electrons. The number of thiophene rings is 1. The van der Waals surface area contributed by atoms with E-state index in [0.717, 1.165) is 5.82 Å². The number of rotatable bonds is 3. The summed E-state index contributed by atoms with van der Waals surface area (Å²) in [6.45, 7) is 6.64. The second kappa shape index (κ2) is 5.25. The Balaban J connectivity index is 2.23. The van der Waals surface area contributed by atoms with Gasteiger partial charge in [0, 0.05) is 12.4 Å². The smallest absolute Gasteiger partial charge is 0.154 e. The Morgan fingerprint density at radius 3 is 2.70 bits per heavy atom. The third-order valence-corrected chi connectivity index (χ3v) is 4.38. The molecule has 3 aromatic rings. The molecule has 0 aliphatic carbocycles. The molecule has 2 heterocycles. The van der Waals surface area contributed by atoms with Gasteiger partial charge in [0.15, 0.2) is 5.82 Å². The van der Waals surface area contributed by atoms with Crippen LogP contribution in [0.5, 0.6) is 0 Å². The van der Waals surface area contributed by atoms with Crippen LogP contribution in [0.2, 0.25) is 0 Å². The van der Waals surface area contributed by atoms with Crippen molar-refractivity contribution in [3.63, 3.8) is 0 Å². The second-order valence-corrected chi connectivity index (χ2v) is 6.21. The maximum atomic E-state index is 4.55. The van der Waals surface area contributed by atoms with Gasteiger partial charge in [-0.3, -0.25) is 4.57 Å². The van der Waals surface area contributed by atoms with E-state index in [9.17, 15) is 0 Å². The summed E-state index contributed by atoms with van der Waals surface area (Å²) in [5.74, 6) is 1.51. The summed E-state index contributed by atoms with van der Waals surface area (Å²) < 4.78 is 2.22. The summed E-state index contributed by atoms with van der Waals surface area (Å²) in [4.78, 5) is 5.75. The summed E-state index contributed by atoms with van der Waals surface area (Å²) in [5.41, 5.74) is 3.91. The Kier molecular flexibility index (Phi) is 3.45. The van der Waals surface area contributed by atoms with E-state index < -0.39 is 0 Å². The third-order valence-electron chi connectivity index (χ3n) is 3.51. The minimum atomic E-state index is 0.489. The number of hydrogen-bond donors (Lipinski definition) is 0. The molecule has 0 amide bonds. The van der Waals surface area contributed by atoms with E-state index in [2.05, 4.69) is 72.2 Å². The highest BCUT2D eigenvalue weighted by Crippen LogP contribution is 2.31. The molecule has 0 radical (unpaired) electrons.